The van der Waals surface area contributed by atoms with Crippen molar-refractivity contribution >= 4 is 46.6 Å². The van der Waals surface area contributed by atoms with E-state index in [1.807, 2.05) is 30.3 Å². The number of hydrogen-bond acceptors (Lipinski definition) is 7. The summed E-state index contributed by atoms with van der Waals surface area (Å²) in [4.78, 5) is 37.1. The first-order chi connectivity index (χ1) is 17.8. The van der Waals surface area contributed by atoms with Gasteiger partial charge in [0, 0.05) is 21.5 Å². The van der Waals surface area contributed by atoms with Gasteiger partial charge in [0.05, 0.1) is 28.2 Å². The van der Waals surface area contributed by atoms with Crippen LogP contribution >= 0.6 is 23.4 Å². The molecule has 0 aliphatic heterocycles. The Hall–Kier alpha value is -4.34. The van der Waals surface area contributed by atoms with Gasteiger partial charge in [0.1, 0.15) is 5.75 Å². The molecule has 8 nitrogen and oxygen atoms in total. The van der Waals surface area contributed by atoms with Crippen molar-refractivity contribution in [3.05, 3.63) is 117 Å². The first kappa shape index (κ1) is 25.7. The average molecular weight is 535 g/mol. The Balaban J connectivity index is 1.56. The molecule has 0 saturated heterocycles. The molecule has 186 valence electrons. The fraction of sp³-hybridized carbons (Fsp3) is 0.0370. The quantitative estimate of drug-likeness (QED) is 0.144. The second-order valence-electron chi connectivity index (χ2n) is 7.57. The van der Waals surface area contributed by atoms with Crippen LogP contribution in [-0.4, -0.2) is 23.9 Å². The van der Waals surface area contributed by atoms with Crippen molar-refractivity contribution in [1.82, 2.24) is 0 Å². The standard InChI is InChI=1S/C27H19ClN2O6S/c1-35-27(32)17-7-11-20(12-8-17)36-24-13-10-19(28)16-22(24)29-26(31)18-9-14-25(23(15-18)30(33)34)37-21-5-3-2-4-6-21/h2-16H,1H3,(H,29,31). The van der Waals surface area contributed by atoms with Gasteiger partial charge in [0.2, 0.25) is 0 Å². The van der Waals surface area contributed by atoms with E-state index in [1.165, 1.54) is 37.1 Å². The maximum atomic E-state index is 13.0. The summed E-state index contributed by atoms with van der Waals surface area (Å²) in [5.74, 6) is -0.362. The first-order valence-corrected chi connectivity index (χ1v) is 12.0. The molecule has 0 bridgehead atoms. The van der Waals surface area contributed by atoms with Gasteiger partial charge in [-0.1, -0.05) is 41.6 Å². The van der Waals surface area contributed by atoms with Gasteiger partial charge < -0.3 is 14.8 Å². The van der Waals surface area contributed by atoms with Crippen molar-refractivity contribution in [2.24, 2.45) is 0 Å². The van der Waals surface area contributed by atoms with E-state index in [2.05, 4.69) is 10.1 Å². The van der Waals surface area contributed by atoms with Crippen LogP contribution in [-0.2, 0) is 4.74 Å². The molecule has 1 N–H and O–H groups in total. The molecule has 0 aliphatic carbocycles. The number of rotatable bonds is 8. The van der Waals surface area contributed by atoms with Crippen molar-refractivity contribution in [3.63, 3.8) is 0 Å². The highest BCUT2D eigenvalue weighted by Gasteiger charge is 2.20. The van der Waals surface area contributed by atoms with Gasteiger partial charge in [-0.3, -0.25) is 14.9 Å². The molecular weight excluding hydrogens is 516 g/mol. The lowest BCUT2D eigenvalue weighted by Gasteiger charge is -2.13. The Morgan fingerprint density at radius 1 is 0.919 bits per heavy atom. The Morgan fingerprint density at radius 3 is 2.30 bits per heavy atom. The second-order valence-corrected chi connectivity index (χ2v) is 9.12. The Bertz CT molecular complexity index is 1460. The smallest absolute Gasteiger partial charge is 0.337 e. The van der Waals surface area contributed by atoms with E-state index < -0.39 is 16.8 Å². The number of methoxy groups -OCH3 is 1. The zero-order valence-corrected chi connectivity index (χ0v) is 20.9. The number of nitro benzene ring substituents is 1. The van der Waals surface area contributed by atoms with Crippen molar-refractivity contribution < 1.29 is 24.0 Å². The SMILES string of the molecule is COC(=O)c1ccc(Oc2ccc(Cl)cc2NC(=O)c2ccc(Sc3ccccc3)c([N+](=O)[O-])c2)cc1. The third-order valence-corrected chi connectivity index (χ3v) is 6.39. The number of hydrogen-bond donors (Lipinski definition) is 1. The van der Waals surface area contributed by atoms with Gasteiger partial charge in [-0.2, -0.15) is 0 Å². The number of halogens is 1. The molecule has 0 radical (unpaired) electrons. The molecular formula is C27H19ClN2O6S. The molecule has 0 aromatic heterocycles. The number of carbonyl (C=O) groups is 2. The number of nitro groups is 1. The highest BCUT2D eigenvalue weighted by atomic mass is 35.5. The highest BCUT2D eigenvalue weighted by Crippen LogP contribution is 2.36. The first-order valence-electron chi connectivity index (χ1n) is 10.8. The van der Waals surface area contributed by atoms with Crippen LogP contribution in [0.15, 0.2) is 101 Å². The normalized spacial score (nSPS) is 10.4. The number of nitrogens with zero attached hydrogens (tertiary/aromatic N) is 1. The maximum Gasteiger partial charge on any atom is 0.337 e. The zero-order valence-electron chi connectivity index (χ0n) is 19.3. The van der Waals surface area contributed by atoms with Gasteiger partial charge in [-0.15, -0.1) is 0 Å². The summed E-state index contributed by atoms with van der Waals surface area (Å²) in [6.07, 6.45) is 0. The number of carbonyl (C=O) groups excluding carboxylic acids is 2. The van der Waals surface area contributed by atoms with Crippen LogP contribution in [0.1, 0.15) is 20.7 Å². The van der Waals surface area contributed by atoms with Crippen LogP contribution in [0.3, 0.4) is 0 Å². The molecule has 0 spiro atoms. The lowest BCUT2D eigenvalue weighted by Crippen LogP contribution is -2.13. The van der Waals surface area contributed by atoms with E-state index in [0.29, 0.717) is 21.2 Å². The molecule has 0 fully saturated rings. The maximum absolute atomic E-state index is 13.0. The molecule has 0 saturated carbocycles. The lowest BCUT2D eigenvalue weighted by molar-refractivity contribution is -0.387. The Labute approximate surface area is 221 Å². The van der Waals surface area contributed by atoms with Gasteiger partial charge in [0.15, 0.2) is 5.75 Å². The molecule has 0 aliphatic rings. The van der Waals surface area contributed by atoms with Crippen molar-refractivity contribution in [2.75, 3.05) is 12.4 Å². The summed E-state index contributed by atoms with van der Waals surface area (Å²) < 4.78 is 10.6. The fourth-order valence-electron chi connectivity index (χ4n) is 3.29. The number of nitrogens with one attached hydrogen (secondary N) is 1. The Kier molecular flexibility index (Phi) is 8.07. The third-order valence-electron chi connectivity index (χ3n) is 5.08. The molecule has 4 aromatic carbocycles. The second kappa shape index (κ2) is 11.6. The van der Waals surface area contributed by atoms with Crippen LogP contribution in [0, 0.1) is 10.1 Å². The van der Waals surface area contributed by atoms with E-state index in [9.17, 15) is 19.7 Å². The highest BCUT2D eigenvalue weighted by molar-refractivity contribution is 7.99. The van der Waals surface area contributed by atoms with E-state index in [-0.39, 0.29) is 22.7 Å². The zero-order chi connectivity index (χ0) is 26.4. The summed E-state index contributed by atoms with van der Waals surface area (Å²) in [5.41, 5.74) is 0.530. The van der Waals surface area contributed by atoms with Gasteiger partial charge in [0.25, 0.3) is 11.6 Å². The molecule has 0 unspecified atom stereocenters. The van der Waals surface area contributed by atoms with Crippen LogP contribution in [0.4, 0.5) is 11.4 Å². The number of ether oxygens (including phenoxy) is 2. The van der Waals surface area contributed by atoms with Gasteiger partial charge >= 0.3 is 5.97 Å². The number of benzene rings is 4. The molecule has 1 amide bonds. The average Bonchev–Trinajstić information content (AvgIpc) is 2.90. The van der Waals surface area contributed by atoms with Crippen LogP contribution < -0.4 is 10.1 Å². The van der Waals surface area contributed by atoms with E-state index in [1.54, 1.807) is 42.5 Å². The molecule has 10 heteroatoms. The molecule has 37 heavy (non-hydrogen) atoms. The van der Waals surface area contributed by atoms with Crippen LogP contribution in [0.5, 0.6) is 11.5 Å². The van der Waals surface area contributed by atoms with Crippen molar-refractivity contribution in [3.8, 4) is 11.5 Å². The molecule has 0 atom stereocenters. The summed E-state index contributed by atoms with van der Waals surface area (Å²) in [5, 5.41) is 14.8. The Morgan fingerprint density at radius 2 is 1.62 bits per heavy atom. The van der Waals surface area contributed by atoms with Crippen molar-refractivity contribution in [1.29, 1.82) is 0 Å². The van der Waals surface area contributed by atoms with Crippen LogP contribution in [0.25, 0.3) is 0 Å². The summed E-state index contributed by atoms with van der Waals surface area (Å²) >= 11 is 7.37. The minimum Gasteiger partial charge on any atom is -0.465 e. The predicted octanol–water partition coefficient (Wildman–Crippen LogP) is 7.23. The minimum absolute atomic E-state index is 0.0949. The van der Waals surface area contributed by atoms with E-state index >= 15 is 0 Å². The van der Waals surface area contributed by atoms with E-state index in [0.717, 1.165) is 4.90 Å². The molecule has 4 rings (SSSR count). The number of amides is 1. The molecule has 4 aromatic rings. The van der Waals surface area contributed by atoms with Crippen LogP contribution in [0.2, 0.25) is 5.02 Å². The monoisotopic (exact) mass is 534 g/mol. The summed E-state index contributed by atoms with van der Waals surface area (Å²) in [6.45, 7) is 0. The van der Waals surface area contributed by atoms with Crippen molar-refractivity contribution in [2.45, 2.75) is 9.79 Å². The predicted molar refractivity (Wildman–Crippen MR) is 141 cm³/mol. The van der Waals surface area contributed by atoms with Gasteiger partial charge in [-0.05, 0) is 66.7 Å². The number of anilines is 1. The number of esters is 1. The van der Waals surface area contributed by atoms with E-state index in [4.69, 9.17) is 16.3 Å². The topological polar surface area (TPSA) is 108 Å². The fourth-order valence-corrected chi connectivity index (χ4v) is 4.38. The molecule has 0 heterocycles. The largest absolute Gasteiger partial charge is 0.465 e. The summed E-state index contributed by atoms with van der Waals surface area (Å²) in [7, 11) is 1.29. The third kappa shape index (κ3) is 6.46. The summed E-state index contributed by atoms with van der Waals surface area (Å²) in [6, 6.07) is 24.5. The minimum atomic E-state index is -0.576. The lowest BCUT2D eigenvalue weighted by atomic mass is 10.1. The van der Waals surface area contributed by atoms with Gasteiger partial charge in [-0.25, -0.2) is 4.79 Å².